The Balaban J connectivity index is 1.73. The van der Waals surface area contributed by atoms with Crippen LogP contribution in [0.1, 0.15) is 37.0 Å². The molecular formula is C21H24ClNO3S. The summed E-state index contributed by atoms with van der Waals surface area (Å²) in [7, 11) is -3.56. The average Bonchev–Trinajstić information content (AvgIpc) is 2.68. The van der Waals surface area contributed by atoms with Gasteiger partial charge in [-0.1, -0.05) is 54.1 Å². The number of carbonyl (C=O) groups excluding carboxylic acids is 1. The molecule has 144 valence electrons. The monoisotopic (exact) mass is 405 g/mol. The van der Waals surface area contributed by atoms with Gasteiger partial charge in [0.2, 0.25) is 5.91 Å². The molecule has 6 heteroatoms. The molecule has 1 amide bonds. The summed E-state index contributed by atoms with van der Waals surface area (Å²) in [6.45, 7) is 2.97. The SMILES string of the molecule is CC(c1ccc(-c2ccccc2Cl)cc1)S(=O)(=O)CC(=O)N1CCCCC1. The third-order valence-corrected chi connectivity index (χ3v) is 7.47. The highest BCUT2D eigenvalue weighted by molar-refractivity contribution is 7.92. The van der Waals surface area contributed by atoms with E-state index >= 15 is 0 Å². The molecule has 1 aliphatic heterocycles. The molecule has 0 radical (unpaired) electrons. The number of sulfone groups is 1. The number of hydrogen-bond donors (Lipinski definition) is 0. The Hall–Kier alpha value is -1.85. The highest BCUT2D eigenvalue weighted by atomic mass is 35.5. The minimum atomic E-state index is -3.56. The number of piperidine rings is 1. The van der Waals surface area contributed by atoms with Crippen molar-refractivity contribution in [2.45, 2.75) is 31.4 Å². The molecule has 1 aliphatic rings. The molecule has 0 spiro atoms. The Morgan fingerprint density at radius 3 is 2.30 bits per heavy atom. The van der Waals surface area contributed by atoms with Gasteiger partial charge in [-0.3, -0.25) is 4.79 Å². The maximum atomic E-state index is 12.7. The van der Waals surface area contributed by atoms with Crippen LogP contribution in [0.15, 0.2) is 48.5 Å². The molecule has 0 aliphatic carbocycles. The predicted molar refractivity (Wildman–Crippen MR) is 110 cm³/mol. The second kappa shape index (κ2) is 8.44. The van der Waals surface area contributed by atoms with Gasteiger partial charge in [0, 0.05) is 23.7 Å². The molecule has 1 unspecified atom stereocenters. The molecule has 2 aromatic carbocycles. The number of benzene rings is 2. The number of carbonyl (C=O) groups is 1. The average molecular weight is 406 g/mol. The second-order valence-corrected chi connectivity index (χ2v) is 9.72. The van der Waals surface area contributed by atoms with E-state index in [-0.39, 0.29) is 5.91 Å². The van der Waals surface area contributed by atoms with Crippen molar-refractivity contribution < 1.29 is 13.2 Å². The van der Waals surface area contributed by atoms with Crippen molar-refractivity contribution in [3.8, 4) is 11.1 Å². The fourth-order valence-corrected chi connectivity index (χ4v) is 4.96. The molecule has 4 nitrogen and oxygen atoms in total. The molecule has 1 heterocycles. The fourth-order valence-electron chi connectivity index (χ4n) is 3.37. The van der Waals surface area contributed by atoms with Crippen LogP contribution in [0.3, 0.4) is 0 Å². The summed E-state index contributed by atoms with van der Waals surface area (Å²) in [6.07, 6.45) is 3.00. The van der Waals surface area contributed by atoms with Gasteiger partial charge in [0.25, 0.3) is 0 Å². The number of halogens is 1. The molecule has 27 heavy (non-hydrogen) atoms. The smallest absolute Gasteiger partial charge is 0.237 e. The van der Waals surface area contributed by atoms with E-state index in [1.165, 1.54) is 0 Å². The first kappa shape index (κ1) is 19.9. The molecule has 3 rings (SSSR count). The molecule has 0 N–H and O–H groups in total. The normalized spacial score (nSPS) is 16.1. The van der Waals surface area contributed by atoms with Crippen molar-refractivity contribution in [2.24, 2.45) is 0 Å². The molecule has 1 atom stereocenters. The molecule has 0 saturated carbocycles. The second-order valence-electron chi connectivity index (χ2n) is 6.99. The van der Waals surface area contributed by atoms with Gasteiger partial charge < -0.3 is 4.90 Å². The van der Waals surface area contributed by atoms with Crippen LogP contribution in [0, 0.1) is 0 Å². The van der Waals surface area contributed by atoms with Crippen LogP contribution in [0.5, 0.6) is 0 Å². The lowest BCUT2D eigenvalue weighted by Crippen LogP contribution is -2.39. The topological polar surface area (TPSA) is 54.5 Å². The zero-order valence-corrected chi connectivity index (χ0v) is 17.0. The summed E-state index contributed by atoms with van der Waals surface area (Å²) in [6, 6.07) is 14.9. The zero-order valence-electron chi connectivity index (χ0n) is 15.4. The lowest BCUT2D eigenvalue weighted by Gasteiger charge is -2.27. The van der Waals surface area contributed by atoms with Crippen molar-refractivity contribution in [3.05, 3.63) is 59.1 Å². The minimum Gasteiger partial charge on any atom is -0.342 e. The van der Waals surface area contributed by atoms with Gasteiger partial charge >= 0.3 is 0 Å². The fraction of sp³-hybridized carbons (Fsp3) is 0.381. The molecule has 0 aromatic heterocycles. The Kier molecular flexibility index (Phi) is 6.22. The Labute approximate surface area is 166 Å². The van der Waals surface area contributed by atoms with Crippen LogP contribution in [0.2, 0.25) is 5.02 Å². The van der Waals surface area contributed by atoms with Crippen molar-refractivity contribution in [1.82, 2.24) is 4.90 Å². The van der Waals surface area contributed by atoms with Crippen LogP contribution in [0.25, 0.3) is 11.1 Å². The van der Waals surface area contributed by atoms with Gasteiger partial charge in [0.05, 0.1) is 5.25 Å². The predicted octanol–water partition coefficient (Wildman–Crippen LogP) is 4.50. The summed E-state index contributed by atoms with van der Waals surface area (Å²) >= 11 is 6.23. The van der Waals surface area contributed by atoms with Gasteiger partial charge in [0.15, 0.2) is 9.84 Å². The van der Waals surface area contributed by atoms with Crippen LogP contribution in [0.4, 0.5) is 0 Å². The molecule has 2 aromatic rings. The Morgan fingerprint density at radius 2 is 1.67 bits per heavy atom. The summed E-state index contributed by atoms with van der Waals surface area (Å²) in [4.78, 5) is 14.0. The lowest BCUT2D eigenvalue weighted by atomic mass is 10.0. The van der Waals surface area contributed by atoms with Gasteiger partial charge in [-0.25, -0.2) is 8.42 Å². The summed E-state index contributed by atoms with van der Waals surface area (Å²) in [5.41, 5.74) is 2.51. The zero-order chi connectivity index (χ0) is 19.4. The minimum absolute atomic E-state index is 0.283. The third-order valence-electron chi connectivity index (χ3n) is 5.14. The maximum absolute atomic E-state index is 12.7. The molecule has 1 fully saturated rings. The van der Waals surface area contributed by atoms with E-state index in [9.17, 15) is 13.2 Å². The van der Waals surface area contributed by atoms with E-state index in [0.717, 1.165) is 30.4 Å². The number of rotatable bonds is 5. The lowest BCUT2D eigenvalue weighted by molar-refractivity contribution is -0.129. The van der Waals surface area contributed by atoms with Gasteiger partial charge in [-0.15, -0.1) is 0 Å². The third kappa shape index (κ3) is 4.71. The Bertz CT molecular complexity index is 903. The number of amides is 1. The van der Waals surface area contributed by atoms with Crippen LogP contribution < -0.4 is 0 Å². The maximum Gasteiger partial charge on any atom is 0.237 e. The first-order chi connectivity index (χ1) is 12.9. The number of hydrogen-bond acceptors (Lipinski definition) is 3. The number of nitrogens with zero attached hydrogens (tertiary/aromatic N) is 1. The van der Waals surface area contributed by atoms with Crippen molar-refractivity contribution in [1.29, 1.82) is 0 Å². The molecule has 1 saturated heterocycles. The van der Waals surface area contributed by atoms with Crippen molar-refractivity contribution >= 4 is 27.3 Å². The van der Waals surface area contributed by atoms with Crippen LogP contribution in [-0.2, 0) is 14.6 Å². The standard InChI is InChI=1S/C21H24ClNO3S/c1-16(27(25,26)15-21(24)23-13-5-2-6-14-23)17-9-11-18(12-10-17)19-7-3-4-8-20(19)22/h3-4,7-12,16H,2,5-6,13-15H2,1H3. The van der Waals surface area contributed by atoms with Gasteiger partial charge in [-0.05, 0) is 43.4 Å². The van der Waals surface area contributed by atoms with Crippen LogP contribution in [-0.4, -0.2) is 38.1 Å². The Morgan fingerprint density at radius 1 is 1.04 bits per heavy atom. The van der Waals surface area contributed by atoms with Crippen LogP contribution >= 0.6 is 11.6 Å². The van der Waals surface area contributed by atoms with E-state index in [2.05, 4.69) is 0 Å². The molecular weight excluding hydrogens is 382 g/mol. The van der Waals surface area contributed by atoms with Gasteiger partial charge in [0.1, 0.15) is 5.75 Å². The quantitative estimate of drug-likeness (QED) is 0.736. The summed E-state index contributed by atoms with van der Waals surface area (Å²) in [5, 5.41) is -0.0791. The van der Waals surface area contributed by atoms with E-state index in [4.69, 9.17) is 11.6 Å². The van der Waals surface area contributed by atoms with E-state index < -0.39 is 20.8 Å². The highest BCUT2D eigenvalue weighted by Crippen LogP contribution is 2.30. The first-order valence-corrected chi connectivity index (χ1v) is 11.3. The van der Waals surface area contributed by atoms with Gasteiger partial charge in [-0.2, -0.15) is 0 Å². The first-order valence-electron chi connectivity index (χ1n) is 9.23. The summed E-state index contributed by atoms with van der Waals surface area (Å²) < 4.78 is 25.4. The van der Waals surface area contributed by atoms with Crippen molar-refractivity contribution in [3.63, 3.8) is 0 Å². The van der Waals surface area contributed by atoms with Crippen molar-refractivity contribution in [2.75, 3.05) is 18.8 Å². The van der Waals surface area contributed by atoms with E-state index in [0.29, 0.717) is 23.7 Å². The van der Waals surface area contributed by atoms with E-state index in [1.54, 1.807) is 24.0 Å². The van der Waals surface area contributed by atoms with E-state index in [1.807, 2.05) is 36.4 Å². The highest BCUT2D eigenvalue weighted by Gasteiger charge is 2.28. The summed E-state index contributed by atoms with van der Waals surface area (Å²) in [5.74, 6) is -0.713. The number of likely N-dealkylation sites (tertiary alicyclic amines) is 1. The largest absolute Gasteiger partial charge is 0.342 e. The molecule has 0 bridgehead atoms.